The van der Waals surface area contributed by atoms with Gasteiger partial charge in [-0.2, -0.15) is 0 Å². The van der Waals surface area contributed by atoms with E-state index in [1.807, 2.05) is 4.90 Å². The van der Waals surface area contributed by atoms with E-state index in [-0.39, 0.29) is 59.6 Å². The maximum absolute atomic E-state index is 11.1. The van der Waals surface area contributed by atoms with Crippen LogP contribution in [-0.2, 0) is 14.4 Å². The number of carbonyl (C=O) groups is 3. The number of rotatable bonds is 8. The number of carbonyl (C=O) groups excluding carboxylic acids is 1. The fourth-order valence-corrected chi connectivity index (χ4v) is 3.17. The first kappa shape index (κ1) is 28.5. The third kappa shape index (κ3) is 14.2. The van der Waals surface area contributed by atoms with E-state index in [9.17, 15) is 24.6 Å². The van der Waals surface area contributed by atoms with Crippen LogP contribution < -0.4 is 5.11 Å². The Morgan fingerprint density at radius 3 is 1.34 bits per heavy atom. The molecule has 3 N–H and O–H groups in total. The molecular weight excluding hydrogens is 529 g/mol. The fraction of sp³-hybridized carbons (Fsp3) is 0.824. The van der Waals surface area contributed by atoms with Crippen LogP contribution in [0.25, 0.3) is 0 Å². The van der Waals surface area contributed by atoms with Crippen LogP contribution in [0.2, 0.25) is 0 Å². The van der Waals surface area contributed by atoms with Gasteiger partial charge >= 0.3 is 51.9 Å². The van der Waals surface area contributed by atoms with Crippen LogP contribution in [0.3, 0.4) is 0 Å². The quantitative estimate of drug-likeness (QED) is 0.272. The van der Waals surface area contributed by atoms with Crippen molar-refractivity contribution in [2.45, 2.75) is 13.0 Å². The SMILES string of the molecule is CC(O)CN1CCN(CC(=O)[O-])CCN(CC(=O)O)CCN(CC(=O)O)CC1.[Gd+3]. The molecule has 0 aromatic rings. The van der Waals surface area contributed by atoms with Crippen LogP contribution >= 0.6 is 0 Å². The van der Waals surface area contributed by atoms with Crippen molar-refractivity contribution in [2.24, 2.45) is 0 Å². The molecule has 0 aromatic carbocycles. The van der Waals surface area contributed by atoms with E-state index in [1.54, 1.807) is 21.6 Å². The molecule has 29 heavy (non-hydrogen) atoms. The molecule has 12 heteroatoms. The van der Waals surface area contributed by atoms with E-state index in [0.29, 0.717) is 58.9 Å². The molecule has 0 spiro atoms. The van der Waals surface area contributed by atoms with Gasteiger partial charge in [0, 0.05) is 65.4 Å². The molecule has 1 saturated heterocycles. The van der Waals surface area contributed by atoms with Crippen LogP contribution in [0.15, 0.2) is 0 Å². The minimum Gasteiger partial charge on any atom is -0.549 e. The molecule has 0 saturated carbocycles. The van der Waals surface area contributed by atoms with Gasteiger partial charge in [-0.1, -0.05) is 0 Å². The number of β-amino-alcohol motifs (C(OH)–C–C–N with tert-alkyl or cyclic N) is 1. The Hall–Kier alpha value is -0.465. The van der Waals surface area contributed by atoms with Gasteiger partial charge in [-0.3, -0.25) is 29.2 Å². The second-order valence-electron chi connectivity index (χ2n) is 7.14. The van der Waals surface area contributed by atoms with Gasteiger partial charge in [0.05, 0.1) is 25.2 Å². The summed E-state index contributed by atoms with van der Waals surface area (Å²) in [5.41, 5.74) is 0. The zero-order valence-corrected chi connectivity index (χ0v) is 18.9. The van der Waals surface area contributed by atoms with Gasteiger partial charge in [-0.05, 0) is 6.92 Å². The first-order valence-corrected chi connectivity index (χ1v) is 9.36. The summed E-state index contributed by atoms with van der Waals surface area (Å²) in [6.45, 7) is 4.74. The average Bonchev–Trinajstić information content (AvgIpc) is 2.55. The number of carboxylic acid groups (broad SMARTS) is 3. The number of nitrogens with zero attached hydrogens (tertiary/aromatic N) is 4. The molecule has 167 valence electrons. The third-order valence-electron chi connectivity index (χ3n) is 4.52. The van der Waals surface area contributed by atoms with E-state index in [4.69, 9.17) is 10.2 Å². The van der Waals surface area contributed by atoms with Crippen molar-refractivity contribution in [1.29, 1.82) is 0 Å². The van der Waals surface area contributed by atoms with E-state index < -0.39 is 24.0 Å². The molecule has 11 nitrogen and oxygen atoms in total. The molecular formula is C17H31GdN4O7+2. The normalized spacial score (nSPS) is 20.1. The molecule has 1 atom stereocenters. The van der Waals surface area contributed by atoms with E-state index in [0.717, 1.165) is 0 Å². The first-order chi connectivity index (χ1) is 13.2. The van der Waals surface area contributed by atoms with Crippen LogP contribution in [0, 0.1) is 39.9 Å². The van der Waals surface area contributed by atoms with Gasteiger partial charge in [-0.15, -0.1) is 0 Å². The second kappa shape index (κ2) is 15.4. The summed E-state index contributed by atoms with van der Waals surface area (Å²) in [6, 6.07) is 0. The van der Waals surface area contributed by atoms with E-state index in [2.05, 4.69) is 0 Å². The standard InChI is InChI=1S/C17H32N4O7.Gd/c1-14(22)10-18-2-4-19(11-15(23)24)6-8-21(13-17(27)28)9-7-20(5-3-18)12-16(25)26;/h14,22H,2-13H2,1H3,(H,23,24)(H,25,26)(H,27,28);/q;+3/p-1. The minimum atomic E-state index is -1.20. The molecule has 0 bridgehead atoms. The van der Waals surface area contributed by atoms with Crippen LogP contribution in [0.5, 0.6) is 0 Å². The van der Waals surface area contributed by atoms with Crippen LogP contribution in [0.1, 0.15) is 6.92 Å². The molecule has 1 unspecified atom stereocenters. The largest absolute Gasteiger partial charge is 3.00 e. The summed E-state index contributed by atoms with van der Waals surface area (Å²) in [7, 11) is 0. The third-order valence-corrected chi connectivity index (χ3v) is 4.52. The number of hydrogen-bond acceptors (Lipinski definition) is 9. The topological polar surface area (TPSA) is 148 Å². The molecule has 1 aliphatic rings. The van der Waals surface area contributed by atoms with E-state index in [1.165, 1.54) is 0 Å². The molecule has 1 radical (unpaired) electrons. The monoisotopic (exact) mass is 561 g/mol. The predicted octanol–water partition coefficient (Wildman–Crippen LogP) is -3.49. The van der Waals surface area contributed by atoms with Crippen LogP contribution in [-0.4, -0.2) is 137 Å². The summed E-state index contributed by atoms with van der Waals surface area (Å²) in [6.07, 6.45) is -0.568. The van der Waals surface area contributed by atoms with Gasteiger partial charge in [0.2, 0.25) is 0 Å². The Morgan fingerprint density at radius 1 is 0.759 bits per heavy atom. The Morgan fingerprint density at radius 2 is 1.07 bits per heavy atom. The molecule has 1 rings (SSSR count). The molecule has 0 aliphatic carbocycles. The van der Waals surface area contributed by atoms with Crippen LogP contribution in [0.4, 0.5) is 0 Å². The van der Waals surface area contributed by atoms with Crippen molar-refractivity contribution in [3.05, 3.63) is 0 Å². The maximum atomic E-state index is 11.1. The zero-order chi connectivity index (χ0) is 21.1. The van der Waals surface area contributed by atoms with Crippen molar-refractivity contribution < 1.29 is 74.8 Å². The second-order valence-corrected chi connectivity index (χ2v) is 7.14. The summed E-state index contributed by atoms with van der Waals surface area (Å²) in [5, 5.41) is 39.0. The number of carboxylic acids is 3. The summed E-state index contributed by atoms with van der Waals surface area (Å²) in [4.78, 5) is 40.4. The van der Waals surface area contributed by atoms with Gasteiger partial charge in [0.1, 0.15) is 0 Å². The number of aliphatic hydroxyl groups is 1. The number of aliphatic carboxylic acids is 3. The van der Waals surface area contributed by atoms with Crippen molar-refractivity contribution in [2.75, 3.05) is 78.5 Å². The molecule has 0 aromatic heterocycles. The van der Waals surface area contributed by atoms with Gasteiger partial charge in [0.15, 0.2) is 0 Å². The van der Waals surface area contributed by atoms with Crippen molar-refractivity contribution in [1.82, 2.24) is 19.6 Å². The average molecular weight is 561 g/mol. The molecule has 0 amide bonds. The molecule has 1 aliphatic heterocycles. The molecule has 1 fully saturated rings. The van der Waals surface area contributed by atoms with Gasteiger partial charge in [0.25, 0.3) is 0 Å². The zero-order valence-electron chi connectivity index (χ0n) is 16.7. The van der Waals surface area contributed by atoms with Crippen molar-refractivity contribution in [3.8, 4) is 0 Å². The Labute approximate surface area is 202 Å². The smallest absolute Gasteiger partial charge is 0.549 e. The predicted molar refractivity (Wildman–Crippen MR) is 97.7 cm³/mol. The number of aliphatic hydroxyl groups excluding tert-OH is 1. The summed E-state index contributed by atoms with van der Waals surface area (Å²) < 4.78 is 0. The molecule has 1 heterocycles. The van der Waals surface area contributed by atoms with Gasteiger partial charge in [-0.25, -0.2) is 0 Å². The fourth-order valence-electron chi connectivity index (χ4n) is 3.17. The minimum absolute atomic E-state index is 0. The Bertz CT molecular complexity index is 492. The summed E-state index contributed by atoms with van der Waals surface area (Å²) >= 11 is 0. The Kier molecular flexibility index (Phi) is 15.1. The van der Waals surface area contributed by atoms with Crippen molar-refractivity contribution >= 4 is 17.9 Å². The number of hydrogen-bond donors (Lipinski definition) is 3. The first-order valence-electron chi connectivity index (χ1n) is 9.36. The van der Waals surface area contributed by atoms with Crippen molar-refractivity contribution in [3.63, 3.8) is 0 Å². The van der Waals surface area contributed by atoms with E-state index >= 15 is 0 Å². The van der Waals surface area contributed by atoms with Gasteiger partial charge < -0.3 is 25.2 Å². The Balaban J connectivity index is 0.00000784. The maximum Gasteiger partial charge on any atom is 3.00 e. The summed E-state index contributed by atoms with van der Waals surface area (Å²) in [5.74, 6) is -3.16.